The van der Waals surface area contributed by atoms with E-state index in [9.17, 15) is 14.4 Å². The molecule has 1 heterocycles. The first-order valence-corrected chi connectivity index (χ1v) is 10.7. The summed E-state index contributed by atoms with van der Waals surface area (Å²) in [6.07, 6.45) is 1.51. The Morgan fingerprint density at radius 1 is 1.10 bits per heavy atom. The first-order chi connectivity index (χ1) is 15.0. The molecule has 1 aliphatic rings. The Morgan fingerprint density at radius 3 is 2.42 bits per heavy atom. The van der Waals surface area contributed by atoms with Gasteiger partial charge in [-0.1, -0.05) is 50.6 Å². The summed E-state index contributed by atoms with van der Waals surface area (Å²) < 4.78 is 5.27. The lowest BCUT2D eigenvalue weighted by atomic mass is 9.98. The summed E-state index contributed by atoms with van der Waals surface area (Å²) in [7, 11) is 0. The van der Waals surface area contributed by atoms with Crippen molar-refractivity contribution in [2.45, 2.75) is 45.8 Å². The van der Waals surface area contributed by atoms with Crippen LogP contribution in [0.2, 0.25) is 0 Å². The van der Waals surface area contributed by atoms with Gasteiger partial charge < -0.3 is 20.3 Å². The number of nitrogens with one attached hydrogen (secondary N) is 2. The Kier molecular flexibility index (Phi) is 7.65. The van der Waals surface area contributed by atoms with Gasteiger partial charge in [-0.3, -0.25) is 9.59 Å². The first-order valence-electron chi connectivity index (χ1n) is 10.7. The SMILES string of the molecule is CC[C@H](C)[C@H](NC(=O)OCc1ccccc1)C(=O)Nc1ccc(N2CCCC2=O)cc1. The highest BCUT2D eigenvalue weighted by molar-refractivity contribution is 5.98. The highest BCUT2D eigenvalue weighted by atomic mass is 16.5. The predicted octanol–water partition coefficient (Wildman–Crippen LogP) is 4.09. The van der Waals surface area contributed by atoms with E-state index in [1.807, 2.05) is 56.3 Å². The summed E-state index contributed by atoms with van der Waals surface area (Å²) in [6, 6.07) is 15.8. The number of ether oxygens (including phenoxy) is 1. The number of carbonyl (C=O) groups is 3. The summed E-state index contributed by atoms with van der Waals surface area (Å²) in [5.41, 5.74) is 2.30. The molecule has 2 N–H and O–H groups in total. The number of alkyl carbamates (subject to hydrolysis) is 1. The molecule has 164 valence electrons. The molecule has 0 bridgehead atoms. The van der Waals surface area contributed by atoms with Crippen LogP contribution >= 0.6 is 0 Å². The molecule has 7 nitrogen and oxygen atoms in total. The zero-order valence-corrected chi connectivity index (χ0v) is 18.0. The maximum absolute atomic E-state index is 12.9. The Balaban J connectivity index is 1.58. The average Bonchev–Trinajstić information content (AvgIpc) is 3.22. The molecule has 7 heteroatoms. The van der Waals surface area contributed by atoms with Gasteiger partial charge in [0, 0.05) is 24.3 Å². The van der Waals surface area contributed by atoms with Crippen LogP contribution in [0.15, 0.2) is 54.6 Å². The number of hydrogen-bond donors (Lipinski definition) is 2. The molecular formula is C24H29N3O4. The standard InChI is InChI=1S/C24H29N3O4/c1-3-17(2)22(26-24(30)31-16-18-8-5-4-6-9-18)23(29)25-19-11-13-20(14-12-19)27-15-7-10-21(27)28/h4-6,8-9,11-14,17,22H,3,7,10,15-16H2,1-2H3,(H,25,29)(H,26,30)/t17-,22-/m0/s1. The van der Waals surface area contributed by atoms with E-state index >= 15 is 0 Å². The van der Waals surface area contributed by atoms with Gasteiger partial charge >= 0.3 is 6.09 Å². The lowest BCUT2D eigenvalue weighted by molar-refractivity contribution is -0.119. The fraction of sp³-hybridized carbons (Fsp3) is 0.375. The Morgan fingerprint density at radius 2 is 1.81 bits per heavy atom. The zero-order chi connectivity index (χ0) is 22.2. The fourth-order valence-electron chi connectivity index (χ4n) is 3.46. The molecule has 2 aromatic rings. The predicted molar refractivity (Wildman–Crippen MR) is 120 cm³/mol. The van der Waals surface area contributed by atoms with Crippen LogP contribution in [0.4, 0.5) is 16.2 Å². The lowest BCUT2D eigenvalue weighted by Gasteiger charge is -2.23. The van der Waals surface area contributed by atoms with Crippen molar-refractivity contribution in [2.75, 3.05) is 16.8 Å². The summed E-state index contributed by atoms with van der Waals surface area (Å²) in [6.45, 7) is 4.72. The second-order valence-electron chi connectivity index (χ2n) is 7.75. The van der Waals surface area contributed by atoms with Gasteiger partial charge in [0.1, 0.15) is 12.6 Å². The number of anilines is 2. The van der Waals surface area contributed by atoms with E-state index in [0.29, 0.717) is 18.5 Å². The van der Waals surface area contributed by atoms with E-state index in [4.69, 9.17) is 4.74 Å². The minimum absolute atomic E-state index is 0.0780. The molecule has 2 atom stereocenters. The molecule has 0 unspecified atom stereocenters. The first kappa shape index (κ1) is 22.3. The van der Waals surface area contributed by atoms with Crippen molar-refractivity contribution >= 4 is 29.3 Å². The number of hydrogen-bond acceptors (Lipinski definition) is 4. The van der Waals surface area contributed by atoms with Crippen molar-refractivity contribution in [1.82, 2.24) is 5.32 Å². The monoisotopic (exact) mass is 423 g/mol. The molecule has 1 fully saturated rings. The van der Waals surface area contributed by atoms with Gasteiger partial charge in [0.05, 0.1) is 0 Å². The topological polar surface area (TPSA) is 87.7 Å². The van der Waals surface area contributed by atoms with E-state index in [2.05, 4.69) is 10.6 Å². The van der Waals surface area contributed by atoms with Crippen molar-refractivity contribution in [2.24, 2.45) is 5.92 Å². The quantitative estimate of drug-likeness (QED) is 0.669. The van der Waals surface area contributed by atoms with E-state index in [1.165, 1.54) is 0 Å². The third kappa shape index (κ3) is 6.07. The number of nitrogens with zero attached hydrogens (tertiary/aromatic N) is 1. The molecule has 0 radical (unpaired) electrons. The largest absolute Gasteiger partial charge is 0.445 e. The molecule has 3 amide bonds. The Hall–Kier alpha value is -3.35. The summed E-state index contributed by atoms with van der Waals surface area (Å²) in [5, 5.41) is 5.55. The van der Waals surface area contributed by atoms with Crippen LogP contribution in [0.3, 0.4) is 0 Å². The molecule has 0 aromatic heterocycles. The van der Waals surface area contributed by atoms with Gasteiger partial charge in [-0.05, 0) is 42.2 Å². The third-order valence-electron chi connectivity index (χ3n) is 5.50. The number of benzene rings is 2. The molecular weight excluding hydrogens is 394 g/mol. The molecule has 31 heavy (non-hydrogen) atoms. The van der Waals surface area contributed by atoms with Crippen LogP contribution < -0.4 is 15.5 Å². The summed E-state index contributed by atoms with van der Waals surface area (Å²) in [5.74, 6) is -0.270. The number of amides is 3. The molecule has 0 saturated carbocycles. The minimum atomic E-state index is -0.729. The van der Waals surface area contributed by atoms with Crippen molar-refractivity contribution in [3.05, 3.63) is 60.2 Å². The van der Waals surface area contributed by atoms with Gasteiger partial charge in [-0.2, -0.15) is 0 Å². The highest BCUT2D eigenvalue weighted by Gasteiger charge is 2.27. The van der Waals surface area contributed by atoms with Crippen LogP contribution in [0.5, 0.6) is 0 Å². The van der Waals surface area contributed by atoms with Crippen LogP contribution in [0.25, 0.3) is 0 Å². The van der Waals surface area contributed by atoms with Crippen molar-refractivity contribution in [1.29, 1.82) is 0 Å². The zero-order valence-electron chi connectivity index (χ0n) is 18.0. The van der Waals surface area contributed by atoms with Gasteiger partial charge in [-0.15, -0.1) is 0 Å². The molecule has 1 saturated heterocycles. The summed E-state index contributed by atoms with van der Waals surface area (Å²) >= 11 is 0. The van der Waals surface area contributed by atoms with E-state index in [1.54, 1.807) is 17.0 Å². The van der Waals surface area contributed by atoms with Crippen LogP contribution in [0.1, 0.15) is 38.7 Å². The Labute approximate surface area is 182 Å². The van der Waals surface area contributed by atoms with Gasteiger partial charge in [0.15, 0.2) is 0 Å². The minimum Gasteiger partial charge on any atom is -0.445 e. The van der Waals surface area contributed by atoms with Crippen LogP contribution in [0, 0.1) is 5.92 Å². The van der Waals surface area contributed by atoms with Crippen molar-refractivity contribution < 1.29 is 19.1 Å². The van der Waals surface area contributed by atoms with Crippen LogP contribution in [-0.4, -0.2) is 30.5 Å². The van der Waals surface area contributed by atoms with E-state index in [-0.39, 0.29) is 24.3 Å². The van der Waals surface area contributed by atoms with Crippen LogP contribution in [-0.2, 0) is 20.9 Å². The molecule has 1 aliphatic heterocycles. The maximum Gasteiger partial charge on any atom is 0.408 e. The Bertz CT molecular complexity index is 899. The smallest absolute Gasteiger partial charge is 0.408 e. The maximum atomic E-state index is 12.9. The van der Waals surface area contributed by atoms with Gasteiger partial charge in [-0.25, -0.2) is 4.79 Å². The second-order valence-corrected chi connectivity index (χ2v) is 7.75. The van der Waals surface area contributed by atoms with E-state index in [0.717, 1.165) is 24.2 Å². The normalized spacial score (nSPS) is 15.3. The van der Waals surface area contributed by atoms with Crippen molar-refractivity contribution in [3.63, 3.8) is 0 Å². The molecule has 0 spiro atoms. The van der Waals surface area contributed by atoms with Crippen molar-refractivity contribution in [3.8, 4) is 0 Å². The number of rotatable bonds is 8. The molecule has 2 aromatic carbocycles. The van der Waals surface area contributed by atoms with Gasteiger partial charge in [0.25, 0.3) is 0 Å². The lowest BCUT2D eigenvalue weighted by Crippen LogP contribution is -2.47. The molecule has 3 rings (SSSR count). The van der Waals surface area contributed by atoms with E-state index < -0.39 is 12.1 Å². The highest BCUT2D eigenvalue weighted by Crippen LogP contribution is 2.23. The van der Waals surface area contributed by atoms with Gasteiger partial charge in [0.2, 0.25) is 11.8 Å². The average molecular weight is 424 g/mol. The third-order valence-corrected chi connectivity index (χ3v) is 5.50. The summed E-state index contributed by atoms with van der Waals surface area (Å²) in [4.78, 5) is 38.8. The fourth-order valence-corrected chi connectivity index (χ4v) is 3.46. The second kappa shape index (κ2) is 10.6. The number of carbonyl (C=O) groups excluding carboxylic acids is 3. The molecule has 0 aliphatic carbocycles.